The van der Waals surface area contributed by atoms with E-state index in [9.17, 15) is 5.11 Å². The minimum absolute atomic E-state index is 0.352. The maximum absolute atomic E-state index is 9.46. The fourth-order valence-corrected chi connectivity index (χ4v) is 2.67. The molecule has 0 saturated carbocycles. The first-order chi connectivity index (χ1) is 6.79. The smallest absolute Gasteiger partial charge is 0.0802 e. The van der Waals surface area contributed by atoms with Crippen molar-refractivity contribution in [1.82, 2.24) is 9.80 Å². The van der Waals surface area contributed by atoms with Crippen molar-refractivity contribution in [1.29, 1.82) is 0 Å². The van der Waals surface area contributed by atoms with Gasteiger partial charge in [0.25, 0.3) is 0 Å². The molecular weight excluding hydrogens is 200 g/mol. The highest BCUT2D eigenvalue weighted by Crippen LogP contribution is 2.21. The molecule has 3 nitrogen and oxygen atoms in total. The summed E-state index contributed by atoms with van der Waals surface area (Å²) in [7, 11) is 0. The van der Waals surface area contributed by atoms with Gasteiger partial charge in [0, 0.05) is 38.1 Å². The molecule has 0 aromatic heterocycles. The molecule has 0 bridgehead atoms. The predicted molar refractivity (Wildman–Crippen MR) is 57.8 cm³/mol. The molecule has 2 atom stereocenters. The molecule has 2 aliphatic rings. The minimum Gasteiger partial charge on any atom is -0.391 e. The van der Waals surface area contributed by atoms with Crippen molar-refractivity contribution in [2.24, 2.45) is 0 Å². The van der Waals surface area contributed by atoms with Gasteiger partial charge in [-0.3, -0.25) is 9.80 Å². The summed E-state index contributed by atoms with van der Waals surface area (Å²) in [6, 6.07) is 0.742. The summed E-state index contributed by atoms with van der Waals surface area (Å²) >= 11 is 5.60. The maximum atomic E-state index is 9.46. The first-order valence-electron chi connectivity index (χ1n) is 5.50. The number of rotatable bonds is 3. The Kier molecular flexibility index (Phi) is 3.66. The van der Waals surface area contributed by atoms with E-state index < -0.39 is 0 Å². The molecule has 0 spiro atoms. The number of halogens is 1. The first-order valence-corrected chi connectivity index (χ1v) is 6.03. The molecule has 2 heterocycles. The van der Waals surface area contributed by atoms with E-state index in [2.05, 4.69) is 9.80 Å². The number of piperazine rings is 1. The van der Waals surface area contributed by atoms with Gasteiger partial charge in [-0.25, -0.2) is 0 Å². The van der Waals surface area contributed by atoms with E-state index in [0.29, 0.717) is 5.88 Å². The Hall–Kier alpha value is 0.170. The topological polar surface area (TPSA) is 26.7 Å². The lowest BCUT2D eigenvalue weighted by atomic mass is 10.1. The molecule has 0 aromatic carbocycles. The Morgan fingerprint density at radius 2 is 2.21 bits per heavy atom. The largest absolute Gasteiger partial charge is 0.391 e. The Morgan fingerprint density at radius 1 is 1.36 bits per heavy atom. The predicted octanol–water partition coefficient (Wildman–Crippen LogP) is 0.366. The Balaban J connectivity index is 1.79. The van der Waals surface area contributed by atoms with Crippen LogP contribution in [0.3, 0.4) is 0 Å². The SMILES string of the molecule is OC(CCl)CN1CCN2CCCC2C1. The fourth-order valence-electron chi connectivity index (χ4n) is 2.57. The first kappa shape index (κ1) is 10.7. The van der Waals surface area contributed by atoms with Crippen LogP contribution in [0.5, 0.6) is 0 Å². The number of nitrogens with zero attached hydrogens (tertiary/aromatic N) is 2. The Labute approximate surface area is 90.6 Å². The van der Waals surface area contributed by atoms with Gasteiger partial charge in [-0.2, -0.15) is 0 Å². The molecule has 1 N–H and O–H groups in total. The molecule has 2 saturated heterocycles. The van der Waals surface area contributed by atoms with Gasteiger partial charge in [-0.05, 0) is 19.4 Å². The molecule has 82 valence electrons. The second-order valence-corrected chi connectivity index (χ2v) is 4.71. The van der Waals surface area contributed by atoms with Gasteiger partial charge in [0.15, 0.2) is 0 Å². The molecule has 0 amide bonds. The summed E-state index contributed by atoms with van der Waals surface area (Å²) < 4.78 is 0. The molecule has 0 aromatic rings. The van der Waals surface area contributed by atoms with Crippen molar-refractivity contribution in [3.63, 3.8) is 0 Å². The average molecular weight is 219 g/mol. The van der Waals surface area contributed by atoms with Crippen molar-refractivity contribution in [3.8, 4) is 0 Å². The van der Waals surface area contributed by atoms with E-state index in [0.717, 1.165) is 25.7 Å². The molecule has 2 aliphatic heterocycles. The molecule has 4 heteroatoms. The van der Waals surface area contributed by atoms with Crippen LogP contribution in [0.4, 0.5) is 0 Å². The van der Waals surface area contributed by atoms with Gasteiger partial charge in [0.05, 0.1) is 6.10 Å². The summed E-state index contributed by atoms with van der Waals surface area (Å²) in [5, 5.41) is 9.46. The highest BCUT2D eigenvalue weighted by molar-refractivity contribution is 6.18. The molecule has 0 radical (unpaired) electrons. The Bertz CT molecular complexity index is 191. The van der Waals surface area contributed by atoms with Gasteiger partial charge in [-0.1, -0.05) is 0 Å². The van der Waals surface area contributed by atoms with E-state index in [1.165, 1.54) is 25.9 Å². The lowest BCUT2D eigenvalue weighted by Crippen LogP contribution is -2.51. The number of aliphatic hydroxyl groups is 1. The highest BCUT2D eigenvalue weighted by atomic mass is 35.5. The maximum Gasteiger partial charge on any atom is 0.0802 e. The summed E-state index contributed by atoms with van der Waals surface area (Å²) in [6.45, 7) is 5.39. The van der Waals surface area contributed by atoms with Gasteiger partial charge in [0.1, 0.15) is 0 Å². The van der Waals surface area contributed by atoms with E-state index >= 15 is 0 Å². The van der Waals surface area contributed by atoms with Crippen molar-refractivity contribution in [2.45, 2.75) is 25.0 Å². The van der Waals surface area contributed by atoms with Crippen LogP contribution in [0.25, 0.3) is 0 Å². The van der Waals surface area contributed by atoms with Gasteiger partial charge < -0.3 is 5.11 Å². The Morgan fingerprint density at radius 3 is 3.00 bits per heavy atom. The summed E-state index contributed by atoms with van der Waals surface area (Å²) in [4.78, 5) is 4.92. The molecule has 0 aliphatic carbocycles. The van der Waals surface area contributed by atoms with Crippen molar-refractivity contribution < 1.29 is 5.11 Å². The third kappa shape index (κ3) is 2.40. The summed E-state index contributed by atoms with van der Waals surface area (Å²) in [5.74, 6) is 0.352. The molecule has 2 fully saturated rings. The van der Waals surface area contributed by atoms with Crippen LogP contribution in [-0.2, 0) is 0 Å². The van der Waals surface area contributed by atoms with Crippen LogP contribution >= 0.6 is 11.6 Å². The lowest BCUT2D eigenvalue weighted by Gasteiger charge is -2.38. The van der Waals surface area contributed by atoms with Gasteiger partial charge in [-0.15, -0.1) is 11.6 Å². The van der Waals surface area contributed by atoms with Crippen LogP contribution in [0.15, 0.2) is 0 Å². The quantitative estimate of drug-likeness (QED) is 0.694. The zero-order valence-corrected chi connectivity index (χ0v) is 9.29. The monoisotopic (exact) mass is 218 g/mol. The second-order valence-electron chi connectivity index (χ2n) is 4.40. The van der Waals surface area contributed by atoms with Crippen LogP contribution in [0.1, 0.15) is 12.8 Å². The number of fused-ring (bicyclic) bond motifs is 1. The second kappa shape index (κ2) is 4.79. The lowest BCUT2D eigenvalue weighted by molar-refractivity contribution is 0.0646. The number of aliphatic hydroxyl groups excluding tert-OH is 1. The third-order valence-electron chi connectivity index (χ3n) is 3.32. The van der Waals surface area contributed by atoms with Crippen molar-refractivity contribution >= 4 is 11.6 Å². The number of hydrogen-bond donors (Lipinski definition) is 1. The average Bonchev–Trinajstić information content (AvgIpc) is 2.64. The number of alkyl halides is 1. The zero-order valence-electron chi connectivity index (χ0n) is 8.53. The van der Waals surface area contributed by atoms with Crippen LogP contribution in [0, 0.1) is 0 Å². The van der Waals surface area contributed by atoms with Crippen molar-refractivity contribution in [2.75, 3.05) is 38.6 Å². The third-order valence-corrected chi connectivity index (χ3v) is 3.67. The number of hydrogen-bond acceptors (Lipinski definition) is 3. The highest BCUT2D eigenvalue weighted by Gasteiger charge is 2.30. The molecule has 2 unspecified atom stereocenters. The van der Waals surface area contributed by atoms with E-state index in [-0.39, 0.29) is 6.10 Å². The van der Waals surface area contributed by atoms with E-state index in [1.807, 2.05) is 0 Å². The van der Waals surface area contributed by atoms with Crippen LogP contribution < -0.4 is 0 Å². The normalized spacial score (nSPS) is 31.7. The van der Waals surface area contributed by atoms with Crippen molar-refractivity contribution in [3.05, 3.63) is 0 Å². The summed E-state index contributed by atoms with van der Waals surface area (Å²) in [5.41, 5.74) is 0. The van der Waals surface area contributed by atoms with Gasteiger partial charge >= 0.3 is 0 Å². The standard InChI is InChI=1S/C10H19ClN2O/c11-6-10(14)8-12-4-5-13-3-1-2-9(13)7-12/h9-10,14H,1-8H2. The molecule has 14 heavy (non-hydrogen) atoms. The van der Waals surface area contributed by atoms with E-state index in [4.69, 9.17) is 11.6 Å². The van der Waals surface area contributed by atoms with Crippen LogP contribution in [-0.4, -0.2) is 65.7 Å². The molecular formula is C10H19ClN2O. The molecule has 2 rings (SSSR count). The fraction of sp³-hybridized carbons (Fsp3) is 1.00. The summed E-state index contributed by atoms with van der Waals surface area (Å²) in [6.07, 6.45) is 2.31. The zero-order chi connectivity index (χ0) is 9.97. The van der Waals surface area contributed by atoms with E-state index in [1.54, 1.807) is 0 Å². The van der Waals surface area contributed by atoms with Crippen LogP contribution in [0.2, 0.25) is 0 Å². The van der Waals surface area contributed by atoms with Gasteiger partial charge in [0.2, 0.25) is 0 Å². The minimum atomic E-state index is -0.357. The number of β-amino-alcohol motifs (C(OH)–C–C–N with tert-alkyl or cyclic N) is 1.